The molecular formula is C21H21ClN2O3. The van der Waals surface area contributed by atoms with E-state index in [0.717, 1.165) is 30.8 Å². The Morgan fingerprint density at radius 2 is 1.89 bits per heavy atom. The minimum atomic E-state index is -1.34. The standard InChI is InChI=1S/C21H21ClN2O3/c22-11-17-13-26-21(27-17)18-7-3-4-8-19(18)24(20(21)25)14-23-10-9-15-5-1-2-6-16(15)12-23/h1-8,17H,9-14H2/t17-,21-/m0/s1. The molecule has 0 aromatic heterocycles. The molecule has 0 radical (unpaired) electrons. The molecule has 5 nitrogen and oxygen atoms in total. The highest BCUT2D eigenvalue weighted by atomic mass is 35.5. The Labute approximate surface area is 163 Å². The molecule has 1 saturated heterocycles. The monoisotopic (exact) mass is 384 g/mol. The second kappa shape index (κ2) is 6.60. The number of anilines is 1. The molecule has 140 valence electrons. The van der Waals surface area contributed by atoms with E-state index in [4.69, 9.17) is 21.1 Å². The summed E-state index contributed by atoms with van der Waals surface area (Å²) in [5.74, 6) is -1.19. The van der Waals surface area contributed by atoms with E-state index in [1.165, 1.54) is 11.1 Å². The number of halogens is 1. The molecule has 3 aliphatic rings. The van der Waals surface area contributed by atoms with Gasteiger partial charge in [-0.25, -0.2) is 0 Å². The van der Waals surface area contributed by atoms with Crippen LogP contribution in [-0.2, 0) is 33.0 Å². The molecule has 3 aliphatic heterocycles. The largest absolute Gasteiger partial charge is 0.336 e. The number of rotatable bonds is 3. The van der Waals surface area contributed by atoms with Crippen LogP contribution >= 0.6 is 11.6 Å². The second-order valence-corrected chi connectivity index (χ2v) is 7.59. The van der Waals surface area contributed by atoms with Crippen LogP contribution in [0.1, 0.15) is 16.7 Å². The number of nitrogens with zero attached hydrogens (tertiary/aromatic N) is 2. The van der Waals surface area contributed by atoms with Crippen molar-refractivity contribution in [3.05, 3.63) is 65.2 Å². The first-order valence-corrected chi connectivity index (χ1v) is 9.83. The van der Waals surface area contributed by atoms with Crippen LogP contribution in [0, 0.1) is 0 Å². The van der Waals surface area contributed by atoms with E-state index >= 15 is 0 Å². The highest BCUT2D eigenvalue weighted by Crippen LogP contribution is 2.47. The van der Waals surface area contributed by atoms with Crippen LogP contribution in [0.4, 0.5) is 5.69 Å². The second-order valence-electron chi connectivity index (χ2n) is 7.28. The van der Waals surface area contributed by atoms with Gasteiger partial charge in [0, 0.05) is 18.7 Å². The fourth-order valence-electron chi connectivity index (χ4n) is 4.25. The average Bonchev–Trinajstić information content (AvgIpc) is 3.25. The first-order valence-electron chi connectivity index (χ1n) is 9.29. The Balaban J connectivity index is 1.43. The van der Waals surface area contributed by atoms with Crippen LogP contribution in [0.15, 0.2) is 48.5 Å². The third kappa shape index (κ3) is 2.69. The zero-order chi connectivity index (χ0) is 18.4. The summed E-state index contributed by atoms with van der Waals surface area (Å²) < 4.78 is 11.9. The van der Waals surface area contributed by atoms with Gasteiger partial charge < -0.3 is 9.47 Å². The van der Waals surface area contributed by atoms with Gasteiger partial charge in [0.15, 0.2) is 0 Å². The highest BCUT2D eigenvalue weighted by molar-refractivity contribution is 6.18. The van der Waals surface area contributed by atoms with Crippen LogP contribution in [0.25, 0.3) is 0 Å². The van der Waals surface area contributed by atoms with Crippen molar-refractivity contribution < 1.29 is 14.3 Å². The molecule has 0 saturated carbocycles. The summed E-state index contributed by atoms with van der Waals surface area (Å²) in [4.78, 5) is 17.5. The number of amides is 1. The van der Waals surface area contributed by atoms with Gasteiger partial charge in [0.05, 0.1) is 30.9 Å². The number of carbonyl (C=O) groups excluding carboxylic acids is 1. The molecule has 5 rings (SSSR count). The summed E-state index contributed by atoms with van der Waals surface area (Å²) in [5, 5.41) is 0. The highest BCUT2D eigenvalue weighted by Gasteiger charge is 2.58. The van der Waals surface area contributed by atoms with Crippen molar-refractivity contribution in [1.82, 2.24) is 4.90 Å². The predicted octanol–water partition coefficient (Wildman–Crippen LogP) is 2.86. The van der Waals surface area contributed by atoms with Gasteiger partial charge in [-0.05, 0) is 23.6 Å². The summed E-state index contributed by atoms with van der Waals surface area (Å²) in [6.45, 7) is 2.60. The lowest BCUT2D eigenvalue weighted by Gasteiger charge is -2.32. The Morgan fingerprint density at radius 3 is 2.70 bits per heavy atom. The summed E-state index contributed by atoms with van der Waals surface area (Å²) >= 11 is 5.95. The molecule has 1 spiro atoms. The maximum Gasteiger partial charge on any atom is 0.293 e. The fourth-order valence-corrected chi connectivity index (χ4v) is 4.40. The van der Waals surface area contributed by atoms with Gasteiger partial charge in [-0.1, -0.05) is 42.5 Å². The Bertz CT molecular complexity index is 889. The third-order valence-electron chi connectivity index (χ3n) is 5.60. The summed E-state index contributed by atoms with van der Waals surface area (Å²) in [6.07, 6.45) is 0.720. The quantitative estimate of drug-likeness (QED) is 0.763. The molecular weight excluding hydrogens is 364 g/mol. The van der Waals surface area contributed by atoms with Crippen LogP contribution in [-0.4, -0.2) is 42.6 Å². The van der Waals surface area contributed by atoms with E-state index in [0.29, 0.717) is 19.2 Å². The molecule has 1 fully saturated rings. The van der Waals surface area contributed by atoms with Crippen LogP contribution < -0.4 is 4.90 Å². The topological polar surface area (TPSA) is 42.0 Å². The number of ether oxygens (including phenoxy) is 2. The molecule has 2 aromatic rings. The number of hydrogen-bond acceptors (Lipinski definition) is 4. The van der Waals surface area contributed by atoms with E-state index in [1.807, 2.05) is 24.3 Å². The molecule has 2 aromatic carbocycles. The summed E-state index contributed by atoms with van der Waals surface area (Å²) in [5.41, 5.74) is 4.36. The van der Waals surface area contributed by atoms with Crippen molar-refractivity contribution in [2.45, 2.75) is 24.9 Å². The zero-order valence-corrected chi connectivity index (χ0v) is 15.7. The van der Waals surface area contributed by atoms with E-state index in [-0.39, 0.29) is 12.0 Å². The molecule has 0 unspecified atom stereocenters. The van der Waals surface area contributed by atoms with Crippen LogP contribution in [0.5, 0.6) is 0 Å². The SMILES string of the molecule is O=C1N(CN2CCc3ccccc3C2)c2ccccc2[C@@]12OC[C@H](CCl)O2. The van der Waals surface area contributed by atoms with Gasteiger partial charge in [-0.15, -0.1) is 11.6 Å². The first kappa shape index (κ1) is 17.2. The molecule has 27 heavy (non-hydrogen) atoms. The maximum atomic E-state index is 13.4. The summed E-state index contributed by atoms with van der Waals surface area (Å²) in [7, 11) is 0. The van der Waals surface area contributed by atoms with Gasteiger partial charge >= 0.3 is 0 Å². The first-order chi connectivity index (χ1) is 13.2. The van der Waals surface area contributed by atoms with E-state index in [1.54, 1.807) is 4.90 Å². The smallest absolute Gasteiger partial charge is 0.293 e. The Kier molecular flexibility index (Phi) is 4.20. The molecule has 0 N–H and O–H groups in total. The number of alkyl halides is 1. The zero-order valence-electron chi connectivity index (χ0n) is 14.9. The van der Waals surface area contributed by atoms with Crippen LogP contribution in [0.3, 0.4) is 0 Å². The number of para-hydroxylation sites is 1. The minimum Gasteiger partial charge on any atom is -0.336 e. The van der Waals surface area contributed by atoms with Crippen molar-refractivity contribution >= 4 is 23.2 Å². The van der Waals surface area contributed by atoms with Crippen molar-refractivity contribution in [2.24, 2.45) is 0 Å². The minimum absolute atomic E-state index is 0.157. The van der Waals surface area contributed by atoms with Crippen LogP contribution in [0.2, 0.25) is 0 Å². The van der Waals surface area contributed by atoms with E-state index in [2.05, 4.69) is 29.2 Å². The molecule has 0 bridgehead atoms. The fraction of sp³-hybridized carbons (Fsp3) is 0.381. The van der Waals surface area contributed by atoms with Crippen molar-refractivity contribution in [1.29, 1.82) is 0 Å². The molecule has 2 atom stereocenters. The lowest BCUT2D eigenvalue weighted by atomic mass is 10.0. The molecule has 0 aliphatic carbocycles. The van der Waals surface area contributed by atoms with Gasteiger partial charge in [0.2, 0.25) is 0 Å². The number of benzene rings is 2. The lowest BCUT2D eigenvalue weighted by molar-refractivity contribution is -0.185. The van der Waals surface area contributed by atoms with Gasteiger partial charge in [-0.2, -0.15) is 0 Å². The van der Waals surface area contributed by atoms with Gasteiger partial charge in [-0.3, -0.25) is 14.6 Å². The van der Waals surface area contributed by atoms with Gasteiger partial charge in [0.1, 0.15) is 0 Å². The van der Waals surface area contributed by atoms with Gasteiger partial charge in [0.25, 0.3) is 11.7 Å². The molecule has 3 heterocycles. The molecule has 6 heteroatoms. The van der Waals surface area contributed by atoms with E-state index < -0.39 is 5.79 Å². The number of hydrogen-bond donors (Lipinski definition) is 0. The molecule has 1 amide bonds. The van der Waals surface area contributed by atoms with E-state index in [9.17, 15) is 4.79 Å². The van der Waals surface area contributed by atoms with Crippen molar-refractivity contribution in [3.8, 4) is 0 Å². The number of fused-ring (bicyclic) bond motifs is 3. The third-order valence-corrected chi connectivity index (χ3v) is 5.95. The lowest BCUT2D eigenvalue weighted by Crippen LogP contribution is -2.47. The van der Waals surface area contributed by atoms with Crippen molar-refractivity contribution in [2.75, 3.05) is 30.6 Å². The predicted molar refractivity (Wildman–Crippen MR) is 103 cm³/mol. The van der Waals surface area contributed by atoms with Crippen molar-refractivity contribution in [3.63, 3.8) is 0 Å². The Morgan fingerprint density at radius 1 is 1.11 bits per heavy atom. The number of carbonyl (C=O) groups is 1. The normalized spacial score (nSPS) is 27.2. The Hall–Kier alpha value is -1.92. The summed E-state index contributed by atoms with van der Waals surface area (Å²) in [6, 6.07) is 16.2. The maximum absolute atomic E-state index is 13.4. The average molecular weight is 385 g/mol.